The lowest BCUT2D eigenvalue weighted by Crippen LogP contribution is -2.37. The van der Waals surface area contributed by atoms with E-state index in [9.17, 15) is 17.6 Å². The summed E-state index contributed by atoms with van der Waals surface area (Å²) in [5.41, 5.74) is 2.10. The van der Waals surface area contributed by atoms with E-state index in [4.69, 9.17) is 0 Å². The molecule has 25 heavy (non-hydrogen) atoms. The third kappa shape index (κ3) is 4.87. The van der Waals surface area contributed by atoms with Crippen molar-refractivity contribution in [3.05, 3.63) is 59.4 Å². The molecule has 0 saturated heterocycles. The van der Waals surface area contributed by atoms with Gasteiger partial charge in [-0.15, -0.1) is 0 Å². The number of hydrogen-bond acceptors (Lipinski definition) is 3. The fourth-order valence-corrected chi connectivity index (χ4v) is 3.72. The van der Waals surface area contributed by atoms with E-state index in [0.717, 1.165) is 11.6 Å². The number of nitrogens with zero attached hydrogens (tertiary/aromatic N) is 1. The molecule has 0 bridgehead atoms. The van der Waals surface area contributed by atoms with Crippen molar-refractivity contribution < 1.29 is 17.6 Å². The molecule has 2 aromatic carbocycles. The Morgan fingerprint density at radius 1 is 1.12 bits per heavy atom. The summed E-state index contributed by atoms with van der Waals surface area (Å²) in [5, 5.41) is 0. The number of aryl methyl sites for hydroxylation is 2. The lowest BCUT2D eigenvalue weighted by Gasteiger charge is -2.21. The summed E-state index contributed by atoms with van der Waals surface area (Å²) in [5.74, 6) is -0.667. The van der Waals surface area contributed by atoms with E-state index in [0.29, 0.717) is 11.3 Å². The van der Waals surface area contributed by atoms with Crippen molar-refractivity contribution in [2.75, 3.05) is 18.0 Å². The molecule has 2 rings (SSSR count). The number of benzene rings is 2. The molecule has 7 heteroatoms. The van der Waals surface area contributed by atoms with Crippen molar-refractivity contribution in [1.82, 2.24) is 4.72 Å². The van der Waals surface area contributed by atoms with E-state index in [-0.39, 0.29) is 23.9 Å². The average molecular weight is 364 g/mol. The molecule has 0 radical (unpaired) electrons. The molecular weight excluding hydrogens is 343 g/mol. The smallest absolute Gasteiger partial charge is 0.240 e. The van der Waals surface area contributed by atoms with Crippen LogP contribution < -0.4 is 9.62 Å². The third-order valence-corrected chi connectivity index (χ3v) is 5.40. The second-order valence-electron chi connectivity index (χ2n) is 5.81. The van der Waals surface area contributed by atoms with Crippen LogP contribution in [0.1, 0.15) is 18.1 Å². The highest BCUT2D eigenvalue weighted by Crippen LogP contribution is 2.17. The van der Waals surface area contributed by atoms with Gasteiger partial charge >= 0.3 is 0 Å². The lowest BCUT2D eigenvalue weighted by molar-refractivity contribution is -0.116. The SMILES string of the molecule is CC(=O)N(CCNS(=O)(=O)c1ccc(F)cc1C)c1ccc(C)cc1. The number of carbonyl (C=O) groups is 1. The van der Waals surface area contributed by atoms with Crippen molar-refractivity contribution in [3.63, 3.8) is 0 Å². The van der Waals surface area contributed by atoms with Gasteiger partial charge in [-0.2, -0.15) is 0 Å². The first kappa shape index (κ1) is 19.1. The molecule has 0 fully saturated rings. The zero-order valence-corrected chi connectivity index (χ0v) is 15.2. The standard InChI is InChI=1S/C18H21FN2O3S/c1-13-4-7-17(8-5-13)21(15(3)22)11-10-20-25(23,24)18-9-6-16(19)12-14(18)2/h4-9,12,20H,10-11H2,1-3H3. The predicted octanol–water partition coefficient (Wildman–Crippen LogP) is 2.77. The molecule has 5 nitrogen and oxygen atoms in total. The quantitative estimate of drug-likeness (QED) is 0.857. The van der Waals surface area contributed by atoms with Gasteiger partial charge in [0, 0.05) is 25.7 Å². The van der Waals surface area contributed by atoms with Crippen molar-refractivity contribution in [2.45, 2.75) is 25.7 Å². The van der Waals surface area contributed by atoms with Crippen LogP contribution in [-0.2, 0) is 14.8 Å². The zero-order valence-electron chi connectivity index (χ0n) is 14.4. The van der Waals surface area contributed by atoms with Gasteiger partial charge in [0.05, 0.1) is 4.90 Å². The third-order valence-electron chi connectivity index (χ3n) is 3.78. The highest BCUT2D eigenvalue weighted by atomic mass is 32.2. The van der Waals surface area contributed by atoms with E-state index in [1.54, 1.807) is 0 Å². The minimum Gasteiger partial charge on any atom is -0.311 e. The van der Waals surface area contributed by atoms with Crippen LogP contribution in [0.25, 0.3) is 0 Å². The number of hydrogen-bond donors (Lipinski definition) is 1. The van der Waals surface area contributed by atoms with Crippen molar-refractivity contribution >= 4 is 21.6 Å². The van der Waals surface area contributed by atoms with Crippen LogP contribution in [0.3, 0.4) is 0 Å². The Hall–Kier alpha value is -2.25. The van der Waals surface area contributed by atoms with Crippen LogP contribution in [0.5, 0.6) is 0 Å². The van der Waals surface area contributed by atoms with Crippen molar-refractivity contribution in [2.24, 2.45) is 0 Å². The number of sulfonamides is 1. The van der Waals surface area contributed by atoms with Crippen LogP contribution in [0.2, 0.25) is 0 Å². The van der Waals surface area contributed by atoms with E-state index in [2.05, 4.69) is 4.72 Å². The maximum absolute atomic E-state index is 13.1. The molecule has 0 spiro atoms. The summed E-state index contributed by atoms with van der Waals surface area (Å²) in [6, 6.07) is 10.9. The topological polar surface area (TPSA) is 66.5 Å². The maximum Gasteiger partial charge on any atom is 0.240 e. The molecular formula is C18H21FN2O3S. The normalized spacial score (nSPS) is 11.4. The first-order chi connectivity index (χ1) is 11.7. The van der Waals surface area contributed by atoms with Gasteiger partial charge in [-0.25, -0.2) is 17.5 Å². The summed E-state index contributed by atoms with van der Waals surface area (Å²) >= 11 is 0. The van der Waals surface area contributed by atoms with Crippen LogP contribution in [0.15, 0.2) is 47.4 Å². The summed E-state index contributed by atoms with van der Waals surface area (Å²) in [6.07, 6.45) is 0. The van der Waals surface area contributed by atoms with E-state index in [1.807, 2.05) is 31.2 Å². The van der Waals surface area contributed by atoms with Crippen LogP contribution in [-0.4, -0.2) is 27.4 Å². The fraction of sp³-hybridized carbons (Fsp3) is 0.278. The second kappa shape index (κ2) is 7.76. The molecule has 1 N–H and O–H groups in total. The lowest BCUT2D eigenvalue weighted by atomic mass is 10.2. The Balaban J connectivity index is 2.08. The highest BCUT2D eigenvalue weighted by Gasteiger charge is 2.18. The average Bonchev–Trinajstić information content (AvgIpc) is 2.52. The highest BCUT2D eigenvalue weighted by molar-refractivity contribution is 7.89. The Bertz CT molecular complexity index is 864. The predicted molar refractivity (Wildman–Crippen MR) is 95.5 cm³/mol. The van der Waals surface area contributed by atoms with Gasteiger partial charge < -0.3 is 4.90 Å². The minimum absolute atomic E-state index is 0.0265. The number of amides is 1. The molecule has 0 atom stereocenters. The molecule has 0 aliphatic heterocycles. The van der Waals surface area contributed by atoms with Gasteiger partial charge in [-0.1, -0.05) is 17.7 Å². The van der Waals surface area contributed by atoms with Crippen LogP contribution >= 0.6 is 0 Å². The summed E-state index contributed by atoms with van der Waals surface area (Å²) in [7, 11) is -3.77. The molecule has 0 aliphatic rings. The van der Waals surface area contributed by atoms with Gasteiger partial charge in [0.2, 0.25) is 15.9 Å². The van der Waals surface area contributed by atoms with Crippen LogP contribution in [0, 0.1) is 19.7 Å². The number of halogens is 1. The van der Waals surface area contributed by atoms with Crippen LogP contribution in [0.4, 0.5) is 10.1 Å². The van der Waals surface area contributed by atoms with Gasteiger partial charge in [-0.3, -0.25) is 4.79 Å². The second-order valence-corrected chi connectivity index (χ2v) is 7.55. The minimum atomic E-state index is -3.77. The number of nitrogens with one attached hydrogen (secondary N) is 1. The largest absolute Gasteiger partial charge is 0.311 e. The van der Waals surface area contributed by atoms with Gasteiger partial charge in [0.25, 0.3) is 0 Å². The molecule has 0 unspecified atom stereocenters. The first-order valence-electron chi connectivity index (χ1n) is 7.81. The molecule has 0 saturated carbocycles. The molecule has 0 aliphatic carbocycles. The van der Waals surface area contributed by atoms with Gasteiger partial charge in [-0.05, 0) is 49.7 Å². The van der Waals surface area contributed by atoms with E-state index >= 15 is 0 Å². The zero-order chi connectivity index (χ0) is 18.6. The van der Waals surface area contributed by atoms with Crippen molar-refractivity contribution in [1.29, 1.82) is 0 Å². The van der Waals surface area contributed by atoms with Crippen molar-refractivity contribution in [3.8, 4) is 0 Å². The Morgan fingerprint density at radius 2 is 1.76 bits per heavy atom. The van der Waals surface area contributed by atoms with Gasteiger partial charge in [0.15, 0.2) is 0 Å². The Kier molecular flexibility index (Phi) is 5.92. The first-order valence-corrected chi connectivity index (χ1v) is 9.29. The number of rotatable bonds is 6. The fourth-order valence-electron chi connectivity index (χ4n) is 2.48. The summed E-state index contributed by atoms with van der Waals surface area (Å²) in [6.45, 7) is 5.15. The Morgan fingerprint density at radius 3 is 2.32 bits per heavy atom. The summed E-state index contributed by atoms with van der Waals surface area (Å²) < 4.78 is 40.3. The number of carbonyl (C=O) groups excluding carboxylic acids is 1. The van der Waals surface area contributed by atoms with Gasteiger partial charge in [0.1, 0.15) is 5.82 Å². The molecule has 2 aromatic rings. The van der Waals surface area contributed by atoms with E-state index in [1.165, 1.54) is 30.9 Å². The monoisotopic (exact) mass is 364 g/mol. The maximum atomic E-state index is 13.1. The Labute approximate surface area is 147 Å². The number of anilines is 1. The summed E-state index contributed by atoms with van der Waals surface area (Å²) in [4.78, 5) is 13.4. The molecule has 1 amide bonds. The molecule has 0 heterocycles. The van der Waals surface area contributed by atoms with E-state index < -0.39 is 15.8 Å². The molecule has 134 valence electrons. The molecule has 0 aromatic heterocycles.